The molecule has 0 heterocycles. The molecule has 1 nitrogen and oxygen atoms in total. The first kappa shape index (κ1) is 11.3. The largest absolute Gasteiger partial charge is 0.490 e. The lowest BCUT2D eigenvalue weighted by Crippen LogP contribution is -2.16. The van der Waals surface area contributed by atoms with Crippen molar-refractivity contribution in [3.8, 4) is 17.2 Å². The van der Waals surface area contributed by atoms with Gasteiger partial charge in [0, 0.05) is 5.56 Å². The summed E-state index contributed by atoms with van der Waals surface area (Å²) >= 11 is 0. The zero-order valence-corrected chi connectivity index (χ0v) is 11.2. The van der Waals surface area contributed by atoms with Crippen LogP contribution in [0.3, 0.4) is 0 Å². The Balaban J connectivity index is 2.02. The molecule has 1 fully saturated rings. The molecule has 0 unspecified atom stereocenters. The molecule has 2 rings (SSSR count). The van der Waals surface area contributed by atoms with Gasteiger partial charge < -0.3 is 4.74 Å². The van der Waals surface area contributed by atoms with Crippen LogP contribution in [0.25, 0.3) is 0 Å². The van der Waals surface area contributed by atoms with Crippen LogP contribution in [0.4, 0.5) is 0 Å². The third kappa shape index (κ3) is 3.75. The van der Waals surface area contributed by atoms with Crippen LogP contribution < -0.4 is 4.74 Å². The summed E-state index contributed by atoms with van der Waals surface area (Å²) in [4.78, 5) is 0. The van der Waals surface area contributed by atoms with Crippen molar-refractivity contribution in [1.29, 1.82) is 0 Å². The predicted molar refractivity (Wildman–Crippen MR) is 70.3 cm³/mol. The molecule has 0 aliphatic heterocycles. The number of hydrogen-bond acceptors (Lipinski definition) is 1. The Morgan fingerprint density at radius 3 is 2.25 bits per heavy atom. The van der Waals surface area contributed by atoms with Gasteiger partial charge in [-0.15, -0.1) is 5.54 Å². The highest BCUT2D eigenvalue weighted by atomic mass is 28.3. The maximum absolute atomic E-state index is 5.69. The average molecular weight is 230 g/mol. The second kappa shape index (κ2) is 4.35. The van der Waals surface area contributed by atoms with E-state index in [0.717, 1.165) is 11.3 Å². The van der Waals surface area contributed by atoms with Crippen molar-refractivity contribution in [2.24, 2.45) is 0 Å². The van der Waals surface area contributed by atoms with Gasteiger partial charge in [0.05, 0.1) is 6.10 Å². The van der Waals surface area contributed by atoms with Crippen LogP contribution in [0.5, 0.6) is 5.75 Å². The number of hydrogen-bond donors (Lipinski definition) is 0. The Morgan fingerprint density at radius 2 is 1.75 bits per heavy atom. The molecule has 1 saturated carbocycles. The molecule has 0 amide bonds. The van der Waals surface area contributed by atoms with E-state index < -0.39 is 8.07 Å². The van der Waals surface area contributed by atoms with E-state index in [1.54, 1.807) is 0 Å². The van der Waals surface area contributed by atoms with Crippen LogP contribution >= 0.6 is 0 Å². The Kier molecular flexibility index (Phi) is 3.07. The highest BCUT2D eigenvalue weighted by molar-refractivity contribution is 6.83. The van der Waals surface area contributed by atoms with Crippen LogP contribution in [0, 0.1) is 11.5 Å². The van der Waals surface area contributed by atoms with Crippen molar-refractivity contribution in [2.45, 2.75) is 38.6 Å². The molecular weight excluding hydrogens is 212 g/mol. The van der Waals surface area contributed by atoms with Crippen molar-refractivity contribution in [3.05, 3.63) is 29.8 Å². The summed E-state index contributed by atoms with van der Waals surface area (Å²) in [6.07, 6.45) is 2.88. The van der Waals surface area contributed by atoms with Crippen molar-refractivity contribution in [3.63, 3.8) is 0 Å². The number of rotatable bonds is 2. The molecule has 1 aliphatic carbocycles. The van der Waals surface area contributed by atoms with E-state index in [1.165, 1.54) is 12.8 Å². The molecule has 1 aliphatic rings. The van der Waals surface area contributed by atoms with Crippen molar-refractivity contribution in [1.82, 2.24) is 0 Å². The van der Waals surface area contributed by atoms with Crippen molar-refractivity contribution >= 4 is 8.07 Å². The highest BCUT2D eigenvalue weighted by Crippen LogP contribution is 2.26. The molecular formula is C14H18OSi. The average Bonchev–Trinajstić information content (AvgIpc) is 3.00. The first-order valence-corrected chi connectivity index (χ1v) is 9.33. The fourth-order valence-electron chi connectivity index (χ4n) is 1.25. The molecule has 0 aromatic heterocycles. The van der Waals surface area contributed by atoms with Crippen LogP contribution in [0.15, 0.2) is 24.3 Å². The summed E-state index contributed by atoms with van der Waals surface area (Å²) in [5.74, 6) is 4.21. The number of ether oxygens (including phenoxy) is 1. The second-order valence-electron chi connectivity index (χ2n) is 5.34. The molecule has 16 heavy (non-hydrogen) atoms. The van der Waals surface area contributed by atoms with E-state index in [1.807, 2.05) is 24.3 Å². The topological polar surface area (TPSA) is 9.23 Å². The summed E-state index contributed by atoms with van der Waals surface area (Å²) in [7, 11) is -1.26. The lowest BCUT2D eigenvalue weighted by molar-refractivity contribution is 0.303. The Labute approximate surface area is 98.8 Å². The predicted octanol–water partition coefficient (Wildman–Crippen LogP) is 3.46. The van der Waals surface area contributed by atoms with Gasteiger partial charge in [0.15, 0.2) is 0 Å². The van der Waals surface area contributed by atoms with Gasteiger partial charge in [0.1, 0.15) is 13.8 Å². The lowest BCUT2D eigenvalue weighted by atomic mass is 10.2. The molecule has 1 aromatic carbocycles. The molecule has 0 saturated heterocycles. The fourth-order valence-corrected chi connectivity index (χ4v) is 1.77. The minimum Gasteiger partial charge on any atom is -0.490 e. The van der Waals surface area contributed by atoms with Gasteiger partial charge in [-0.3, -0.25) is 0 Å². The summed E-state index contributed by atoms with van der Waals surface area (Å²) in [6.45, 7) is 6.76. The monoisotopic (exact) mass is 230 g/mol. The first-order valence-electron chi connectivity index (χ1n) is 5.83. The molecule has 2 heteroatoms. The molecule has 84 valence electrons. The third-order valence-corrected chi connectivity index (χ3v) is 3.14. The summed E-state index contributed by atoms with van der Waals surface area (Å²) in [6, 6.07) is 8.13. The maximum Gasteiger partial charge on any atom is 0.129 e. The zero-order chi connectivity index (χ0) is 11.6. The molecule has 0 bridgehead atoms. The van der Waals surface area contributed by atoms with Crippen LogP contribution in [-0.4, -0.2) is 14.2 Å². The van der Waals surface area contributed by atoms with Gasteiger partial charge in [-0.2, -0.15) is 0 Å². The Hall–Kier alpha value is -1.20. The Bertz CT molecular complexity index is 413. The van der Waals surface area contributed by atoms with E-state index in [9.17, 15) is 0 Å². The maximum atomic E-state index is 5.69. The van der Waals surface area contributed by atoms with Gasteiger partial charge >= 0.3 is 0 Å². The molecule has 1 aromatic rings. The molecule has 0 radical (unpaired) electrons. The Morgan fingerprint density at radius 1 is 1.12 bits per heavy atom. The highest BCUT2D eigenvalue weighted by Gasteiger charge is 2.23. The minimum atomic E-state index is -1.26. The van der Waals surface area contributed by atoms with Gasteiger partial charge in [-0.1, -0.05) is 25.6 Å². The van der Waals surface area contributed by atoms with Crippen molar-refractivity contribution < 1.29 is 4.74 Å². The number of benzene rings is 1. The lowest BCUT2D eigenvalue weighted by Gasteiger charge is -2.04. The van der Waals surface area contributed by atoms with Gasteiger partial charge in [-0.25, -0.2) is 0 Å². The first-order chi connectivity index (χ1) is 7.53. The smallest absolute Gasteiger partial charge is 0.129 e. The van der Waals surface area contributed by atoms with Crippen molar-refractivity contribution in [2.75, 3.05) is 0 Å². The summed E-state index contributed by atoms with van der Waals surface area (Å²) in [5.41, 5.74) is 4.45. The summed E-state index contributed by atoms with van der Waals surface area (Å²) < 4.78 is 5.69. The quantitative estimate of drug-likeness (QED) is 0.558. The van der Waals surface area contributed by atoms with Crippen LogP contribution in [0.1, 0.15) is 18.4 Å². The SMILES string of the molecule is C[Si](C)(C)C#Cc1ccc(OC2CC2)cc1. The van der Waals surface area contributed by atoms with Gasteiger partial charge in [0.2, 0.25) is 0 Å². The molecule has 0 N–H and O–H groups in total. The van der Waals surface area contributed by atoms with E-state index in [0.29, 0.717) is 6.10 Å². The van der Waals surface area contributed by atoms with E-state index in [4.69, 9.17) is 4.74 Å². The van der Waals surface area contributed by atoms with E-state index >= 15 is 0 Å². The zero-order valence-electron chi connectivity index (χ0n) is 10.2. The van der Waals surface area contributed by atoms with E-state index in [2.05, 4.69) is 31.1 Å². The van der Waals surface area contributed by atoms with E-state index in [-0.39, 0.29) is 0 Å². The third-order valence-electron chi connectivity index (χ3n) is 2.26. The molecule has 0 spiro atoms. The standard InChI is InChI=1S/C14H18OSi/c1-16(2,3)11-10-12-4-6-13(7-5-12)15-14-8-9-14/h4-7,14H,8-9H2,1-3H3. The minimum absolute atomic E-state index is 0.471. The summed E-state index contributed by atoms with van der Waals surface area (Å²) in [5, 5.41) is 0. The second-order valence-corrected chi connectivity index (χ2v) is 10.1. The van der Waals surface area contributed by atoms with Gasteiger partial charge in [-0.05, 0) is 37.1 Å². The van der Waals surface area contributed by atoms with Crippen LogP contribution in [-0.2, 0) is 0 Å². The fraction of sp³-hybridized carbons (Fsp3) is 0.429. The van der Waals surface area contributed by atoms with Gasteiger partial charge in [0.25, 0.3) is 0 Å². The molecule has 0 atom stereocenters. The van der Waals surface area contributed by atoms with Crippen LogP contribution in [0.2, 0.25) is 19.6 Å². The normalized spacial score (nSPS) is 15.2.